The number of carbonyl (C=O) groups is 1. The van der Waals surface area contributed by atoms with Gasteiger partial charge >= 0.3 is 12.2 Å². The fourth-order valence-electron chi connectivity index (χ4n) is 2.94. The minimum Gasteiger partial charge on any atom is -0.338 e. The lowest BCUT2D eigenvalue weighted by atomic mass is 10.0. The Bertz CT molecular complexity index is 538. The zero-order valence-electron chi connectivity index (χ0n) is 14.4. The molecule has 1 fully saturated rings. The lowest BCUT2D eigenvalue weighted by Gasteiger charge is -2.40. The minimum absolute atomic E-state index is 0.291. The highest BCUT2D eigenvalue weighted by Crippen LogP contribution is 2.24. The summed E-state index contributed by atoms with van der Waals surface area (Å²) in [6.07, 6.45) is -3.70. The fraction of sp³-hybridized carbons (Fsp3) is 0.588. The molecular weight excluding hydrogens is 333 g/mol. The van der Waals surface area contributed by atoms with E-state index in [9.17, 15) is 18.0 Å². The second kappa shape index (κ2) is 9.05. The highest BCUT2D eigenvalue weighted by molar-refractivity contribution is 5.73. The van der Waals surface area contributed by atoms with Crippen molar-refractivity contribution in [1.82, 2.24) is 20.4 Å². The SMILES string of the molecule is CN1CCN(CCCNC(=O)NCC(F)(F)F)C(c2ccccc2)C1. The van der Waals surface area contributed by atoms with Gasteiger partial charge in [0.25, 0.3) is 0 Å². The van der Waals surface area contributed by atoms with E-state index < -0.39 is 18.8 Å². The lowest BCUT2D eigenvalue weighted by molar-refractivity contribution is -0.122. The number of hydrogen-bond acceptors (Lipinski definition) is 3. The summed E-state index contributed by atoms with van der Waals surface area (Å²) in [6.45, 7) is 2.65. The molecule has 2 rings (SSSR count). The maximum absolute atomic E-state index is 12.0. The molecule has 1 aliphatic heterocycles. The second-order valence-electron chi connectivity index (χ2n) is 6.30. The molecule has 1 saturated heterocycles. The number of hydrogen-bond donors (Lipinski definition) is 2. The molecule has 0 bridgehead atoms. The quantitative estimate of drug-likeness (QED) is 0.767. The molecule has 1 heterocycles. The van der Waals surface area contributed by atoms with Crippen molar-refractivity contribution in [2.24, 2.45) is 0 Å². The minimum atomic E-state index is -4.39. The van der Waals surface area contributed by atoms with Crippen LogP contribution in [0.25, 0.3) is 0 Å². The average Bonchev–Trinajstić information content (AvgIpc) is 2.58. The monoisotopic (exact) mass is 358 g/mol. The number of piperazine rings is 1. The van der Waals surface area contributed by atoms with Gasteiger partial charge in [-0.25, -0.2) is 4.79 Å². The Kier molecular flexibility index (Phi) is 7.07. The molecule has 0 radical (unpaired) electrons. The van der Waals surface area contributed by atoms with Gasteiger partial charge in [-0.3, -0.25) is 4.90 Å². The van der Waals surface area contributed by atoms with Crippen LogP contribution in [-0.4, -0.2) is 68.3 Å². The normalized spacial score (nSPS) is 19.6. The van der Waals surface area contributed by atoms with Crippen LogP contribution in [0, 0.1) is 0 Å². The van der Waals surface area contributed by atoms with Crippen LogP contribution in [0.2, 0.25) is 0 Å². The van der Waals surface area contributed by atoms with Crippen molar-refractivity contribution >= 4 is 6.03 Å². The van der Waals surface area contributed by atoms with E-state index in [0.29, 0.717) is 19.0 Å². The first-order valence-corrected chi connectivity index (χ1v) is 8.41. The van der Waals surface area contributed by atoms with Crippen molar-refractivity contribution in [3.8, 4) is 0 Å². The fourth-order valence-corrected chi connectivity index (χ4v) is 2.94. The van der Waals surface area contributed by atoms with E-state index >= 15 is 0 Å². The third kappa shape index (κ3) is 6.91. The van der Waals surface area contributed by atoms with Crippen LogP contribution >= 0.6 is 0 Å². The Hall–Kier alpha value is -1.80. The Morgan fingerprint density at radius 3 is 2.60 bits per heavy atom. The summed E-state index contributed by atoms with van der Waals surface area (Å²) in [5.41, 5.74) is 1.25. The molecule has 1 aromatic rings. The van der Waals surface area contributed by atoms with Crippen molar-refractivity contribution in [2.75, 3.05) is 46.3 Å². The van der Waals surface area contributed by atoms with E-state index in [1.54, 1.807) is 5.32 Å². The van der Waals surface area contributed by atoms with Crippen LogP contribution in [0.1, 0.15) is 18.0 Å². The molecule has 0 aliphatic carbocycles. The topological polar surface area (TPSA) is 47.6 Å². The zero-order valence-corrected chi connectivity index (χ0v) is 14.4. The van der Waals surface area contributed by atoms with E-state index in [4.69, 9.17) is 0 Å². The number of halogens is 3. The number of carbonyl (C=O) groups excluding carboxylic acids is 1. The van der Waals surface area contributed by atoms with Gasteiger partial charge in [-0.15, -0.1) is 0 Å². The van der Waals surface area contributed by atoms with Crippen molar-refractivity contribution in [2.45, 2.75) is 18.6 Å². The van der Waals surface area contributed by atoms with E-state index in [1.165, 1.54) is 5.56 Å². The van der Waals surface area contributed by atoms with Gasteiger partial charge in [0.15, 0.2) is 0 Å². The third-order valence-electron chi connectivity index (χ3n) is 4.24. The van der Waals surface area contributed by atoms with Crippen LogP contribution < -0.4 is 10.6 Å². The first-order valence-electron chi connectivity index (χ1n) is 8.41. The van der Waals surface area contributed by atoms with Crippen LogP contribution in [0.4, 0.5) is 18.0 Å². The highest BCUT2D eigenvalue weighted by atomic mass is 19.4. The van der Waals surface area contributed by atoms with E-state index in [2.05, 4.69) is 34.3 Å². The number of benzene rings is 1. The van der Waals surface area contributed by atoms with Crippen LogP contribution in [0.15, 0.2) is 30.3 Å². The van der Waals surface area contributed by atoms with Gasteiger partial charge < -0.3 is 15.5 Å². The second-order valence-corrected chi connectivity index (χ2v) is 6.30. The number of nitrogens with zero attached hydrogens (tertiary/aromatic N) is 2. The molecule has 0 aromatic heterocycles. The molecule has 8 heteroatoms. The first kappa shape index (κ1) is 19.5. The number of rotatable bonds is 6. The van der Waals surface area contributed by atoms with E-state index in [-0.39, 0.29) is 0 Å². The predicted molar refractivity (Wildman–Crippen MR) is 90.3 cm³/mol. The van der Waals surface area contributed by atoms with Crippen molar-refractivity contribution in [3.63, 3.8) is 0 Å². The molecule has 5 nitrogen and oxygen atoms in total. The lowest BCUT2D eigenvalue weighted by Crippen LogP contribution is -2.47. The molecule has 1 aliphatic rings. The molecule has 140 valence electrons. The molecule has 25 heavy (non-hydrogen) atoms. The number of urea groups is 1. The summed E-state index contributed by atoms with van der Waals surface area (Å²) in [6, 6.07) is 9.77. The maximum atomic E-state index is 12.0. The highest BCUT2D eigenvalue weighted by Gasteiger charge is 2.28. The Morgan fingerprint density at radius 2 is 1.92 bits per heavy atom. The molecular formula is C17H25F3N4O. The molecule has 2 amide bonds. The first-order chi connectivity index (χ1) is 11.8. The van der Waals surface area contributed by atoms with Crippen molar-refractivity contribution in [1.29, 1.82) is 0 Å². The summed E-state index contributed by atoms with van der Waals surface area (Å²) >= 11 is 0. The van der Waals surface area contributed by atoms with Crippen molar-refractivity contribution in [3.05, 3.63) is 35.9 Å². The standard InChI is InChI=1S/C17H25F3N4O/c1-23-10-11-24(15(12-23)14-6-3-2-4-7-14)9-5-8-21-16(25)22-13-17(18,19)20/h2-4,6-7,15H,5,8-13H2,1H3,(H2,21,22,25). The van der Waals surface area contributed by atoms with Crippen molar-refractivity contribution < 1.29 is 18.0 Å². The summed E-state index contributed by atoms with van der Waals surface area (Å²) in [7, 11) is 2.10. The maximum Gasteiger partial charge on any atom is 0.405 e. The van der Waals surface area contributed by atoms with Crippen LogP contribution in [-0.2, 0) is 0 Å². The van der Waals surface area contributed by atoms with E-state index in [1.807, 2.05) is 18.2 Å². The van der Waals surface area contributed by atoms with Gasteiger partial charge in [0.2, 0.25) is 0 Å². The van der Waals surface area contributed by atoms with Gasteiger partial charge in [-0.1, -0.05) is 30.3 Å². The average molecular weight is 358 g/mol. The van der Waals surface area contributed by atoms with Crippen LogP contribution in [0.3, 0.4) is 0 Å². The van der Waals surface area contributed by atoms with Gasteiger partial charge in [-0.05, 0) is 19.0 Å². The molecule has 1 unspecified atom stereocenters. The number of nitrogens with one attached hydrogen (secondary N) is 2. The smallest absolute Gasteiger partial charge is 0.338 e. The molecule has 0 spiro atoms. The summed E-state index contributed by atoms with van der Waals surface area (Å²) < 4.78 is 36.1. The van der Waals surface area contributed by atoms with Gasteiger partial charge in [0.1, 0.15) is 6.54 Å². The molecule has 1 aromatic carbocycles. The summed E-state index contributed by atoms with van der Waals surface area (Å²) in [5.74, 6) is 0. The van der Waals surface area contributed by atoms with Crippen LogP contribution in [0.5, 0.6) is 0 Å². The molecule has 0 saturated carbocycles. The Labute approximate surface area is 146 Å². The zero-order chi connectivity index (χ0) is 18.3. The number of likely N-dealkylation sites (N-methyl/N-ethyl adjacent to an activating group) is 1. The summed E-state index contributed by atoms with van der Waals surface area (Å²) in [5, 5.41) is 4.28. The number of amides is 2. The number of alkyl halides is 3. The molecule has 1 atom stereocenters. The van der Waals surface area contributed by atoms with Gasteiger partial charge in [0.05, 0.1) is 0 Å². The summed E-state index contributed by atoms with van der Waals surface area (Å²) in [4.78, 5) is 16.0. The van der Waals surface area contributed by atoms with Gasteiger partial charge in [0, 0.05) is 38.8 Å². The Morgan fingerprint density at radius 1 is 1.20 bits per heavy atom. The Balaban J connectivity index is 1.76. The predicted octanol–water partition coefficient (Wildman–Crippen LogP) is 2.23. The van der Waals surface area contributed by atoms with Gasteiger partial charge in [-0.2, -0.15) is 13.2 Å². The molecule has 2 N–H and O–H groups in total. The van der Waals surface area contributed by atoms with E-state index in [0.717, 1.165) is 26.2 Å². The third-order valence-corrected chi connectivity index (χ3v) is 4.24. The largest absolute Gasteiger partial charge is 0.405 e.